The van der Waals surface area contributed by atoms with Crippen LogP contribution in [0.1, 0.15) is 46.5 Å². The molecule has 1 unspecified atom stereocenters. The van der Waals surface area contributed by atoms with Crippen LogP contribution in [0.15, 0.2) is 0 Å². The molecule has 2 N–H and O–H groups in total. The molecular weight excluding hydrogens is 206 g/mol. The summed E-state index contributed by atoms with van der Waals surface area (Å²) in [6, 6.07) is 0. The van der Waals surface area contributed by atoms with Crippen molar-refractivity contribution in [2.24, 2.45) is 5.73 Å². The number of nitrogens with two attached hydrogens (primary N) is 1. The maximum Gasteiger partial charge on any atom is 0.324 e. The van der Waals surface area contributed by atoms with Crippen LogP contribution in [0.4, 0.5) is 0 Å². The van der Waals surface area contributed by atoms with Crippen LogP contribution in [-0.2, 0) is 8.85 Å². The zero-order valence-electron chi connectivity index (χ0n) is 10.5. The van der Waals surface area contributed by atoms with Crippen molar-refractivity contribution in [3.63, 3.8) is 0 Å². The van der Waals surface area contributed by atoms with Crippen molar-refractivity contribution < 1.29 is 8.85 Å². The minimum atomic E-state index is -1.45. The summed E-state index contributed by atoms with van der Waals surface area (Å²) in [6.45, 7) is 8.65. The van der Waals surface area contributed by atoms with E-state index in [1.807, 2.05) is 13.8 Å². The van der Waals surface area contributed by atoms with Crippen molar-refractivity contribution in [2.75, 3.05) is 19.8 Å². The van der Waals surface area contributed by atoms with Gasteiger partial charge in [0.05, 0.1) is 0 Å². The highest BCUT2D eigenvalue weighted by Crippen LogP contribution is 2.24. The Bertz CT molecular complexity index is 130. The first-order valence-electron chi connectivity index (χ1n) is 6.23. The zero-order valence-corrected chi connectivity index (χ0v) is 11.7. The Hall–Kier alpha value is 0.0969. The van der Waals surface area contributed by atoms with Crippen LogP contribution in [0.25, 0.3) is 0 Å². The summed E-state index contributed by atoms with van der Waals surface area (Å²) in [5.41, 5.74) is 6.19. The molecule has 1 atom stereocenters. The lowest BCUT2D eigenvalue weighted by Gasteiger charge is -2.24. The summed E-state index contributed by atoms with van der Waals surface area (Å²) in [4.78, 5) is 0. The minimum absolute atomic E-state index is 0.637. The van der Waals surface area contributed by atoms with Gasteiger partial charge in [0.25, 0.3) is 0 Å². The number of hydrogen-bond acceptors (Lipinski definition) is 3. The molecule has 92 valence electrons. The molecule has 0 rings (SSSR count). The van der Waals surface area contributed by atoms with Gasteiger partial charge in [-0.2, -0.15) is 0 Å². The zero-order chi connectivity index (χ0) is 11.5. The van der Waals surface area contributed by atoms with Crippen LogP contribution in [0.3, 0.4) is 0 Å². The van der Waals surface area contributed by atoms with Crippen LogP contribution < -0.4 is 5.73 Å². The fourth-order valence-electron chi connectivity index (χ4n) is 1.82. The van der Waals surface area contributed by atoms with E-state index in [4.69, 9.17) is 14.6 Å². The Morgan fingerprint density at radius 1 is 1.07 bits per heavy atom. The number of rotatable bonds is 10. The fraction of sp³-hybridized carbons (Fsp3) is 1.00. The molecule has 15 heavy (non-hydrogen) atoms. The van der Waals surface area contributed by atoms with Crippen LogP contribution in [0.2, 0.25) is 5.54 Å². The predicted octanol–water partition coefficient (Wildman–Crippen LogP) is 2.19. The summed E-state index contributed by atoms with van der Waals surface area (Å²) >= 11 is 0. The highest BCUT2D eigenvalue weighted by Gasteiger charge is 2.24. The maximum atomic E-state index is 5.77. The summed E-state index contributed by atoms with van der Waals surface area (Å²) in [5.74, 6) is 0. The van der Waals surface area contributed by atoms with Crippen LogP contribution in [0.5, 0.6) is 0 Å². The molecule has 0 aliphatic rings. The van der Waals surface area contributed by atoms with Crippen LogP contribution in [0, 0.1) is 0 Å². The van der Waals surface area contributed by atoms with Gasteiger partial charge in [0.2, 0.25) is 0 Å². The van der Waals surface area contributed by atoms with E-state index in [-0.39, 0.29) is 0 Å². The van der Waals surface area contributed by atoms with Gasteiger partial charge >= 0.3 is 9.28 Å². The fourth-order valence-corrected chi connectivity index (χ4v) is 4.23. The second-order valence-electron chi connectivity index (χ2n) is 3.76. The maximum absolute atomic E-state index is 5.77. The second-order valence-corrected chi connectivity index (χ2v) is 6.10. The molecule has 0 heterocycles. The summed E-state index contributed by atoms with van der Waals surface area (Å²) in [6.07, 6.45) is 4.69. The molecule has 0 aliphatic carbocycles. The molecule has 3 nitrogen and oxygen atoms in total. The molecule has 0 saturated carbocycles. The first-order chi connectivity index (χ1) is 7.29. The molecule has 0 aromatic rings. The Kier molecular flexibility index (Phi) is 10.7. The van der Waals surface area contributed by atoms with Crippen LogP contribution in [-0.4, -0.2) is 29.0 Å². The minimum Gasteiger partial charge on any atom is -0.397 e. The van der Waals surface area contributed by atoms with Crippen molar-refractivity contribution in [2.45, 2.75) is 52.0 Å². The standard InChI is InChI=1S/C11H27NO2Si/c1-4-8-11(9-7-10-12)15(13-5-2)14-6-3/h11,15H,4-10,12H2,1-3H3. The van der Waals surface area contributed by atoms with E-state index in [0.717, 1.165) is 26.2 Å². The van der Waals surface area contributed by atoms with Gasteiger partial charge in [0.15, 0.2) is 0 Å². The smallest absolute Gasteiger partial charge is 0.324 e. The molecule has 0 aromatic heterocycles. The molecule has 4 heteroatoms. The Morgan fingerprint density at radius 2 is 1.67 bits per heavy atom. The Balaban J connectivity index is 4.09. The molecule has 0 saturated heterocycles. The molecule has 0 fully saturated rings. The predicted molar refractivity (Wildman–Crippen MR) is 67.3 cm³/mol. The van der Waals surface area contributed by atoms with Gasteiger partial charge in [-0.3, -0.25) is 0 Å². The first-order valence-corrected chi connectivity index (χ1v) is 7.84. The van der Waals surface area contributed by atoms with Gasteiger partial charge < -0.3 is 14.6 Å². The van der Waals surface area contributed by atoms with Gasteiger partial charge in [-0.25, -0.2) is 0 Å². The number of hydrogen-bond donors (Lipinski definition) is 1. The van der Waals surface area contributed by atoms with E-state index >= 15 is 0 Å². The second kappa shape index (κ2) is 10.6. The van der Waals surface area contributed by atoms with E-state index in [1.165, 1.54) is 19.3 Å². The van der Waals surface area contributed by atoms with E-state index in [9.17, 15) is 0 Å². The highest BCUT2D eigenvalue weighted by atomic mass is 28.3. The molecule has 0 amide bonds. The largest absolute Gasteiger partial charge is 0.397 e. The molecular formula is C11H27NO2Si. The quantitative estimate of drug-likeness (QED) is 0.588. The third kappa shape index (κ3) is 7.06. The molecule has 0 spiro atoms. The van der Waals surface area contributed by atoms with E-state index in [2.05, 4.69) is 6.92 Å². The molecule has 0 aliphatic heterocycles. The highest BCUT2D eigenvalue weighted by molar-refractivity contribution is 6.46. The Morgan fingerprint density at radius 3 is 2.07 bits per heavy atom. The average Bonchev–Trinajstić information content (AvgIpc) is 2.24. The van der Waals surface area contributed by atoms with Crippen molar-refractivity contribution in [1.82, 2.24) is 0 Å². The van der Waals surface area contributed by atoms with Crippen LogP contribution >= 0.6 is 0 Å². The van der Waals surface area contributed by atoms with Crippen molar-refractivity contribution in [1.29, 1.82) is 0 Å². The van der Waals surface area contributed by atoms with Crippen molar-refractivity contribution in [3.8, 4) is 0 Å². The SMILES string of the molecule is CCCC(CCCN)[SiH](OCC)OCC. The van der Waals surface area contributed by atoms with Gasteiger partial charge in [0.1, 0.15) is 0 Å². The normalized spacial score (nSPS) is 13.4. The summed E-state index contributed by atoms with van der Waals surface area (Å²) in [7, 11) is -1.45. The van der Waals surface area contributed by atoms with Gasteiger partial charge in [-0.15, -0.1) is 0 Å². The molecule has 0 bridgehead atoms. The van der Waals surface area contributed by atoms with E-state index < -0.39 is 9.28 Å². The van der Waals surface area contributed by atoms with E-state index in [1.54, 1.807) is 0 Å². The third-order valence-electron chi connectivity index (χ3n) is 2.49. The summed E-state index contributed by atoms with van der Waals surface area (Å²) in [5, 5.41) is 0. The topological polar surface area (TPSA) is 44.5 Å². The lowest BCUT2D eigenvalue weighted by molar-refractivity contribution is 0.200. The van der Waals surface area contributed by atoms with Gasteiger partial charge in [0, 0.05) is 13.2 Å². The Labute approximate surface area is 96.2 Å². The lowest BCUT2D eigenvalue weighted by Crippen LogP contribution is -2.29. The van der Waals surface area contributed by atoms with Gasteiger partial charge in [-0.1, -0.05) is 13.3 Å². The molecule has 0 aromatic carbocycles. The third-order valence-corrected chi connectivity index (χ3v) is 5.25. The monoisotopic (exact) mass is 233 g/mol. The van der Waals surface area contributed by atoms with Crippen molar-refractivity contribution in [3.05, 3.63) is 0 Å². The first kappa shape index (κ1) is 15.1. The van der Waals surface area contributed by atoms with Crippen molar-refractivity contribution >= 4 is 9.28 Å². The molecule has 0 radical (unpaired) electrons. The lowest BCUT2D eigenvalue weighted by atomic mass is 10.1. The van der Waals surface area contributed by atoms with E-state index in [0.29, 0.717) is 5.54 Å². The summed E-state index contributed by atoms with van der Waals surface area (Å²) < 4.78 is 11.5. The van der Waals surface area contributed by atoms with Gasteiger partial charge in [-0.05, 0) is 45.2 Å². The average molecular weight is 233 g/mol.